The number of carbonyl (C=O) groups is 1. The number of carboxylic acids is 1. The summed E-state index contributed by atoms with van der Waals surface area (Å²) >= 11 is 0. The maximum absolute atomic E-state index is 11.1. The van der Waals surface area contributed by atoms with Gasteiger partial charge in [-0.25, -0.2) is 4.79 Å². The Morgan fingerprint density at radius 2 is 2.05 bits per heavy atom. The molecule has 3 rings (SSSR count). The maximum atomic E-state index is 11.1. The molecule has 0 unspecified atom stereocenters. The molecule has 0 aliphatic carbocycles. The molecule has 0 spiro atoms. The number of nitrogens with zero attached hydrogens (tertiary/aromatic N) is 1. The fourth-order valence-electron chi connectivity index (χ4n) is 2.28. The average Bonchev–Trinajstić information content (AvgIpc) is 2.95. The van der Waals surface area contributed by atoms with Crippen molar-refractivity contribution in [3.63, 3.8) is 0 Å². The molecular weight excluding hydrogens is 280 g/mol. The van der Waals surface area contributed by atoms with Gasteiger partial charge in [0.25, 0.3) is 0 Å². The number of nitrogens with one attached hydrogen (secondary N) is 1. The van der Waals surface area contributed by atoms with E-state index in [2.05, 4.69) is 10.2 Å². The van der Waals surface area contributed by atoms with Gasteiger partial charge in [-0.3, -0.25) is 5.10 Å². The maximum Gasteiger partial charge on any atom is 0.339 e. The number of aromatic nitrogens is 2. The Balaban J connectivity index is 1.94. The van der Waals surface area contributed by atoms with Crippen molar-refractivity contribution in [2.75, 3.05) is 7.11 Å². The summed E-state index contributed by atoms with van der Waals surface area (Å²) in [6.45, 7) is 0. The Hall–Kier alpha value is -3.08. The third-order valence-corrected chi connectivity index (χ3v) is 3.39. The first-order chi connectivity index (χ1) is 10.7. The summed E-state index contributed by atoms with van der Waals surface area (Å²) in [6, 6.07) is 12.8. The second kappa shape index (κ2) is 5.73. The zero-order chi connectivity index (χ0) is 15.5. The summed E-state index contributed by atoms with van der Waals surface area (Å²) in [5.74, 6) is -0.674. The van der Waals surface area contributed by atoms with Crippen molar-refractivity contribution in [1.29, 1.82) is 0 Å². The van der Waals surface area contributed by atoms with E-state index in [1.807, 2.05) is 36.4 Å². The monoisotopic (exact) mass is 294 g/mol. The number of ether oxygens (including phenoxy) is 1. The highest BCUT2D eigenvalue weighted by Crippen LogP contribution is 2.22. The van der Waals surface area contributed by atoms with Gasteiger partial charge in [0.1, 0.15) is 11.3 Å². The van der Waals surface area contributed by atoms with Crippen molar-refractivity contribution < 1.29 is 14.6 Å². The van der Waals surface area contributed by atoms with E-state index in [9.17, 15) is 4.79 Å². The number of methoxy groups -OCH3 is 1. The standard InChI is InChI=1S/C17H14N2O3/c1-22-16-10-11(6-8-13(16)17(20)21)7-9-15-12-4-2-3-5-14(12)18-19-15/h2-10H,1H3,(H,18,19)(H,20,21). The number of H-pyrrole nitrogens is 1. The zero-order valence-electron chi connectivity index (χ0n) is 11.9. The molecule has 0 aliphatic heterocycles. The number of para-hydroxylation sites is 1. The van der Waals surface area contributed by atoms with Crippen LogP contribution >= 0.6 is 0 Å². The Morgan fingerprint density at radius 3 is 2.82 bits per heavy atom. The molecule has 1 heterocycles. The van der Waals surface area contributed by atoms with Crippen molar-refractivity contribution in [2.24, 2.45) is 0 Å². The van der Waals surface area contributed by atoms with Gasteiger partial charge in [0.05, 0.1) is 18.3 Å². The zero-order valence-corrected chi connectivity index (χ0v) is 11.9. The van der Waals surface area contributed by atoms with Gasteiger partial charge in [-0.1, -0.05) is 30.3 Å². The first kappa shape index (κ1) is 13.9. The molecule has 2 aromatic carbocycles. The van der Waals surface area contributed by atoms with Crippen LogP contribution in [0.3, 0.4) is 0 Å². The summed E-state index contributed by atoms with van der Waals surface area (Å²) in [5, 5.41) is 17.3. The number of hydrogen-bond acceptors (Lipinski definition) is 3. The molecule has 3 aromatic rings. The lowest BCUT2D eigenvalue weighted by Crippen LogP contribution is -2.00. The Kier molecular flexibility index (Phi) is 3.62. The van der Waals surface area contributed by atoms with Gasteiger partial charge < -0.3 is 9.84 Å². The minimum absolute atomic E-state index is 0.143. The van der Waals surface area contributed by atoms with Crippen LogP contribution in [0.1, 0.15) is 21.6 Å². The van der Waals surface area contributed by atoms with Crippen molar-refractivity contribution in [3.05, 3.63) is 59.3 Å². The fourth-order valence-corrected chi connectivity index (χ4v) is 2.28. The van der Waals surface area contributed by atoms with Crippen LogP contribution in [0.5, 0.6) is 5.75 Å². The Morgan fingerprint density at radius 1 is 1.23 bits per heavy atom. The summed E-state index contributed by atoms with van der Waals surface area (Å²) in [4.78, 5) is 11.1. The van der Waals surface area contributed by atoms with E-state index in [0.29, 0.717) is 5.75 Å². The van der Waals surface area contributed by atoms with Gasteiger partial charge in [0, 0.05) is 5.39 Å². The highest BCUT2D eigenvalue weighted by atomic mass is 16.5. The van der Waals surface area contributed by atoms with Gasteiger partial charge in [-0.05, 0) is 29.8 Å². The van der Waals surface area contributed by atoms with E-state index in [4.69, 9.17) is 9.84 Å². The average molecular weight is 294 g/mol. The van der Waals surface area contributed by atoms with Gasteiger partial charge in [-0.15, -0.1) is 0 Å². The lowest BCUT2D eigenvalue weighted by molar-refractivity contribution is 0.0693. The van der Waals surface area contributed by atoms with E-state index in [-0.39, 0.29) is 5.56 Å². The largest absolute Gasteiger partial charge is 0.496 e. The fraction of sp³-hybridized carbons (Fsp3) is 0.0588. The first-order valence-corrected chi connectivity index (χ1v) is 6.71. The van der Waals surface area contributed by atoms with Crippen LogP contribution in [-0.2, 0) is 0 Å². The molecule has 1 aromatic heterocycles. The Labute approximate surface area is 126 Å². The summed E-state index contributed by atoms with van der Waals surface area (Å²) < 4.78 is 5.12. The molecule has 110 valence electrons. The van der Waals surface area contributed by atoms with Gasteiger partial charge in [0.2, 0.25) is 0 Å². The van der Waals surface area contributed by atoms with E-state index in [1.54, 1.807) is 12.1 Å². The van der Waals surface area contributed by atoms with Crippen LogP contribution in [0.25, 0.3) is 23.1 Å². The normalized spacial score (nSPS) is 11.1. The highest BCUT2D eigenvalue weighted by Gasteiger charge is 2.10. The van der Waals surface area contributed by atoms with E-state index in [1.165, 1.54) is 13.2 Å². The minimum atomic E-state index is -1.01. The minimum Gasteiger partial charge on any atom is -0.496 e. The molecule has 0 saturated carbocycles. The molecular formula is C17H14N2O3. The summed E-state index contributed by atoms with van der Waals surface area (Å²) in [6.07, 6.45) is 3.75. The van der Waals surface area contributed by atoms with Crippen LogP contribution in [0.4, 0.5) is 0 Å². The lowest BCUT2D eigenvalue weighted by atomic mass is 10.1. The van der Waals surface area contributed by atoms with Crippen molar-refractivity contribution >= 4 is 29.0 Å². The number of carboxylic acid groups (broad SMARTS) is 1. The van der Waals surface area contributed by atoms with Crippen LogP contribution in [0.15, 0.2) is 42.5 Å². The Bertz CT molecular complexity index is 865. The van der Waals surface area contributed by atoms with Crippen LogP contribution in [0.2, 0.25) is 0 Å². The van der Waals surface area contributed by atoms with E-state index < -0.39 is 5.97 Å². The van der Waals surface area contributed by atoms with Gasteiger partial charge in [0.15, 0.2) is 0 Å². The molecule has 0 fully saturated rings. The summed E-state index contributed by atoms with van der Waals surface area (Å²) in [7, 11) is 1.45. The number of aromatic carboxylic acids is 1. The van der Waals surface area contributed by atoms with Crippen molar-refractivity contribution in [3.8, 4) is 5.75 Å². The molecule has 5 heteroatoms. The molecule has 22 heavy (non-hydrogen) atoms. The van der Waals surface area contributed by atoms with Gasteiger partial charge >= 0.3 is 5.97 Å². The predicted octanol–water partition coefficient (Wildman–Crippen LogP) is 3.44. The quantitative estimate of drug-likeness (QED) is 0.773. The SMILES string of the molecule is COc1cc(C=Cc2n[nH]c3ccccc23)ccc1C(=O)O. The van der Waals surface area contributed by atoms with Crippen molar-refractivity contribution in [2.45, 2.75) is 0 Å². The molecule has 2 N–H and O–H groups in total. The van der Waals surface area contributed by atoms with Crippen LogP contribution in [0, 0.1) is 0 Å². The predicted molar refractivity (Wildman–Crippen MR) is 85.0 cm³/mol. The third-order valence-electron chi connectivity index (χ3n) is 3.39. The van der Waals surface area contributed by atoms with Gasteiger partial charge in [-0.2, -0.15) is 5.10 Å². The van der Waals surface area contributed by atoms with Crippen LogP contribution in [-0.4, -0.2) is 28.4 Å². The molecule has 0 atom stereocenters. The number of aromatic amines is 1. The second-order valence-corrected chi connectivity index (χ2v) is 4.75. The number of rotatable bonds is 4. The molecule has 0 saturated heterocycles. The molecule has 0 bridgehead atoms. The molecule has 5 nitrogen and oxygen atoms in total. The van der Waals surface area contributed by atoms with Crippen molar-refractivity contribution in [1.82, 2.24) is 10.2 Å². The third kappa shape index (κ3) is 2.56. The topological polar surface area (TPSA) is 75.2 Å². The first-order valence-electron chi connectivity index (χ1n) is 6.71. The van der Waals surface area contributed by atoms with E-state index >= 15 is 0 Å². The summed E-state index contributed by atoms with van der Waals surface area (Å²) in [5.41, 5.74) is 2.79. The number of hydrogen-bond donors (Lipinski definition) is 2. The number of benzene rings is 2. The van der Waals surface area contributed by atoms with E-state index in [0.717, 1.165) is 22.2 Å². The molecule has 0 radical (unpaired) electrons. The smallest absolute Gasteiger partial charge is 0.339 e. The lowest BCUT2D eigenvalue weighted by Gasteiger charge is -2.05. The molecule has 0 aliphatic rings. The highest BCUT2D eigenvalue weighted by molar-refractivity contribution is 5.92. The van der Waals surface area contributed by atoms with Crippen LogP contribution < -0.4 is 4.74 Å². The number of fused-ring (bicyclic) bond motifs is 1. The second-order valence-electron chi connectivity index (χ2n) is 4.75. The molecule has 0 amide bonds.